The Morgan fingerprint density at radius 1 is 1.07 bits per heavy atom. The van der Waals surface area contributed by atoms with Crippen molar-refractivity contribution in [3.63, 3.8) is 0 Å². The van der Waals surface area contributed by atoms with E-state index in [0.717, 1.165) is 11.2 Å². The van der Waals surface area contributed by atoms with E-state index in [-0.39, 0.29) is 0 Å². The molecular weight excluding hydrogens is 176 g/mol. The molecule has 0 spiro atoms. The van der Waals surface area contributed by atoms with Crippen LogP contribution in [-0.4, -0.2) is 9.97 Å². The highest BCUT2D eigenvalue weighted by Crippen LogP contribution is 2.08. The van der Waals surface area contributed by atoms with Crippen molar-refractivity contribution in [2.75, 3.05) is 0 Å². The molecule has 0 saturated heterocycles. The average Bonchev–Trinajstić information content (AvgIpc) is 2.71. The first-order chi connectivity index (χ1) is 6.86. The lowest BCUT2D eigenvalue weighted by Crippen LogP contribution is -1.78. The van der Waals surface area contributed by atoms with Crippen molar-refractivity contribution in [2.24, 2.45) is 0 Å². The van der Waals surface area contributed by atoms with Gasteiger partial charge < -0.3 is 4.42 Å². The molecule has 0 aliphatic heterocycles. The van der Waals surface area contributed by atoms with Gasteiger partial charge in [0.25, 0.3) is 0 Å². The highest BCUT2D eigenvalue weighted by Gasteiger charge is 1.96. The van der Waals surface area contributed by atoms with Gasteiger partial charge in [0, 0.05) is 5.69 Å². The average molecular weight is 194 g/mol. The van der Waals surface area contributed by atoms with Crippen molar-refractivity contribution in [2.45, 2.75) is 34.6 Å². The maximum Gasteiger partial charge on any atom is 0.246 e. The maximum atomic E-state index is 4.98. The number of hydrogen-bond donors (Lipinski definition) is 0. The van der Waals surface area contributed by atoms with Gasteiger partial charge in [-0.05, 0) is 19.1 Å². The second kappa shape index (κ2) is 7.06. The number of fused-ring (bicyclic) bond motifs is 1. The Labute approximate surface area is 85.2 Å². The Balaban J connectivity index is 0.000000379. The van der Waals surface area contributed by atoms with Crippen LogP contribution in [0.3, 0.4) is 0 Å². The topological polar surface area (TPSA) is 38.9 Å². The van der Waals surface area contributed by atoms with E-state index in [1.165, 1.54) is 6.39 Å². The molecule has 2 heterocycles. The molecule has 2 rings (SSSR count). The molecule has 0 unspecified atom stereocenters. The molecule has 0 fully saturated rings. The Morgan fingerprint density at radius 2 is 1.71 bits per heavy atom. The van der Waals surface area contributed by atoms with E-state index in [4.69, 9.17) is 4.42 Å². The zero-order chi connectivity index (χ0) is 11.0. The molecular formula is C11H18N2O. The van der Waals surface area contributed by atoms with Crippen molar-refractivity contribution in [1.82, 2.24) is 9.97 Å². The summed E-state index contributed by atoms with van der Waals surface area (Å²) in [7, 11) is 0. The number of oxazole rings is 1. The largest absolute Gasteiger partial charge is 0.425 e. The fourth-order valence-electron chi connectivity index (χ4n) is 0.844. The summed E-state index contributed by atoms with van der Waals surface area (Å²) in [4.78, 5) is 8.04. The summed E-state index contributed by atoms with van der Waals surface area (Å²) < 4.78 is 4.98. The van der Waals surface area contributed by atoms with Gasteiger partial charge in [-0.2, -0.15) is 0 Å². The van der Waals surface area contributed by atoms with E-state index in [1.54, 1.807) is 0 Å². The SMILES string of the molecule is CC.CC.Cc1ccc2ncoc2n1. The summed E-state index contributed by atoms with van der Waals surface area (Å²) in [6, 6.07) is 3.80. The third-order valence-electron chi connectivity index (χ3n) is 1.34. The fraction of sp³-hybridized carbons (Fsp3) is 0.455. The van der Waals surface area contributed by atoms with Crippen LogP contribution in [-0.2, 0) is 0 Å². The second-order valence-electron chi connectivity index (χ2n) is 2.13. The number of aromatic nitrogens is 2. The van der Waals surface area contributed by atoms with Crippen molar-refractivity contribution in [3.05, 3.63) is 24.2 Å². The van der Waals surface area contributed by atoms with E-state index in [2.05, 4.69) is 9.97 Å². The molecule has 3 nitrogen and oxygen atoms in total. The Kier molecular flexibility index (Phi) is 6.37. The number of nitrogens with zero attached hydrogens (tertiary/aromatic N) is 2. The lowest BCUT2D eigenvalue weighted by molar-refractivity contribution is 0.590. The van der Waals surface area contributed by atoms with Gasteiger partial charge in [-0.3, -0.25) is 0 Å². The van der Waals surface area contributed by atoms with E-state index in [1.807, 2.05) is 46.8 Å². The molecule has 0 atom stereocenters. The summed E-state index contributed by atoms with van der Waals surface area (Å²) >= 11 is 0. The van der Waals surface area contributed by atoms with Crippen LogP contribution in [0, 0.1) is 6.92 Å². The minimum Gasteiger partial charge on any atom is -0.425 e. The van der Waals surface area contributed by atoms with Crippen LogP contribution >= 0.6 is 0 Å². The normalized spacial score (nSPS) is 8.36. The van der Waals surface area contributed by atoms with Crippen molar-refractivity contribution in [3.8, 4) is 0 Å². The number of aryl methyl sites for hydroxylation is 1. The highest BCUT2D eigenvalue weighted by atomic mass is 16.3. The Morgan fingerprint density at radius 3 is 2.36 bits per heavy atom. The summed E-state index contributed by atoms with van der Waals surface area (Å²) in [5.74, 6) is 0. The second-order valence-corrected chi connectivity index (χ2v) is 2.13. The quantitative estimate of drug-likeness (QED) is 0.643. The predicted octanol–water partition coefficient (Wildman–Crippen LogP) is 3.58. The van der Waals surface area contributed by atoms with Gasteiger partial charge in [-0.25, -0.2) is 9.97 Å². The molecule has 3 heteroatoms. The van der Waals surface area contributed by atoms with Crippen molar-refractivity contribution >= 4 is 11.2 Å². The lowest BCUT2D eigenvalue weighted by atomic mass is 10.4. The van der Waals surface area contributed by atoms with Crippen LogP contribution in [0.25, 0.3) is 11.2 Å². The molecule has 0 N–H and O–H groups in total. The molecule has 78 valence electrons. The summed E-state index contributed by atoms with van der Waals surface area (Å²) in [5.41, 5.74) is 2.37. The summed E-state index contributed by atoms with van der Waals surface area (Å²) in [6.45, 7) is 9.92. The molecule has 2 aromatic heterocycles. The van der Waals surface area contributed by atoms with Crippen LogP contribution in [0.15, 0.2) is 22.9 Å². The number of rotatable bonds is 0. The molecule has 14 heavy (non-hydrogen) atoms. The highest BCUT2D eigenvalue weighted by molar-refractivity contribution is 5.67. The molecule has 0 amide bonds. The third kappa shape index (κ3) is 3.17. The fourth-order valence-corrected chi connectivity index (χ4v) is 0.844. The van der Waals surface area contributed by atoms with Gasteiger partial charge in [0.05, 0.1) is 0 Å². The van der Waals surface area contributed by atoms with Gasteiger partial charge in [0.2, 0.25) is 5.71 Å². The van der Waals surface area contributed by atoms with E-state index < -0.39 is 0 Å². The molecule has 0 radical (unpaired) electrons. The lowest BCUT2D eigenvalue weighted by Gasteiger charge is -1.86. The smallest absolute Gasteiger partial charge is 0.246 e. The molecule has 2 aromatic rings. The molecule has 0 aliphatic carbocycles. The number of pyridine rings is 1. The van der Waals surface area contributed by atoms with Gasteiger partial charge in [-0.1, -0.05) is 27.7 Å². The first-order valence-corrected chi connectivity index (χ1v) is 5.03. The monoisotopic (exact) mass is 194 g/mol. The van der Waals surface area contributed by atoms with Gasteiger partial charge in [0.1, 0.15) is 5.52 Å². The Hall–Kier alpha value is -1.38. The number of hydrogen-bond acceptors (Lipinski definition) is 3. The zero-order valence-corrected chi connectivity index (χ0v) is 9.53. The van der Waals surface area contributed by atoms with Crippen molar-refractivity contribution < 1.29 is 4.42 Å². The standard InChI is InChI=1S/C7H6N2O.2C2H6/c1-5-2-3-6-7(9-5)10-4-8-6;2*1-2/h2-4H,1H3;2*1-2H3. The van der Waals surface area contributed by atoms with E-state index >= 15 is 0 Å². The predicted molar refractivity (Wildman–Crippen MR) is 59.2 cm³/mol. The minimum absolute atomic E-state index is 0.611. The minimum atomic E-state index is 0.611. The van der Waals surface area contributed by atoms with Crippen LogP contribution in [0.5, 0.6) is 0 Å². The van der Waals surface area contributed by atoms with E-state index in [0.29, 0.717) is 5.71 Å². The third-order valence-corrected chi connectivity index (χ3v) is 1.34. The van der Waals surface area contributed by atoms with Crippen LogP contribution in [0.4, 0.5) is 0 Å². The first kappa shape index (κ1) is 12.6. The maximum absolute atomic E-state index is 4.98. The Bertz CT molecular complexity index is 355. The molecule has 0 saturated carbocycles. The molecule has 0 bridgehead atoms. The van der Waals surface area contributed by atoms with Gasteiger partial charge in [0.15, 0.2) is 6.39 Å². The van der Waals surface area contributed by atoms with Crippen LogP contribution in [0.2, 0.25) is 0 Å². The van der Waals surface area contributed by atoms with Gasteiger partial charge >= 0.3 is 0 Å². The molecule has 0 aromatic carbocycles. The zero-order valence-electron chi connectivity index (χ0n) is 9.53. The van der Waals surface area contributed by atoms with Crippen LogP contribution < -0.4 is 0 Å². The summed E-state index contributed by atoms with van der Waals surface area (Å²) in [6.07, 6.45) is 1.40. The van der Waals surface area contributed by atoms with Crippen molar-refractivity contribution in [1.29, 1.82) is 0 Å². The van der Waals surface area contributed by atoms with E-state index in [9.17, 15) is 0 Å². The van der Waals surface area contributed by atoms with Gasteiger partial charge in [-0.15, -0.1) is 0 Å². The van der Waals surface area contributed by atoms with Crippen LogP contribution in [0.1, 0.15) is 33.4 Å². The summed E-state index contributed by atoms with van der Waals surface area (Å²) in [5, 5.41) is 0. The first-order valence-electron chi connectivity index (χ1n) is 5.03. The molecule has 0 aliphatic rings.